The van der Waals surface area contributed by atoms with Crippen molar-refractivity contribution in [1.29, 1.82) is 0 Å². The van der Waals surface area contributed by atoms with Crippen molar-refractivity contribution in [2.24, 2.45) is 5.92 Å². The van der Waals surface area contributed by atoms with Crippen LogP contribution in [0.3, 0.4) is 0 Å². The van der Waals surface area contributed by atoms with Crippen LogP contribution in [0.1, 0.15) is 19.3 Å². The van der Waals surface area contributed by atoms with Crippen LogP contribution in [0.25, 0.3) is 0 Å². The number of nitrogens with one attached hydrogen (secondary N) is 2. The van der Waals surface area contributed by atoms with Gasteiger partial charge in [0.1, 0.15) is 0 Å². The summed E-state index contributed by atoms with van der Waals surface area (Å²) in [7, 11) is 2.25. The number of likely N-dealkylation sites (N-methyl/N-ethyl adjacent to an activating group) is 1. The van der Waals surface area contributed by atoms with Crippen LogP contribution in [0, 0.1) is 5.92 Å². The SMILES string of the molecule is C[NH+]1CCN(c2ccc(NC(=O)[C@H]3CC=CCC3)cc2)CC1. The third-order valence-electron chi connectivity index (χ3n) is 4.76. The van der Waals surface area contributed by atoms with Gasteiger partial charge in [-0.05, 0) is 43.5 Å². The molecule has 0 radical (unpaired) electrons. The third kappa shape index (κ3) is 3.69. The average Bonchev–Trinajstić information content (AvgIpc) is 2.57. The number of allylic oxidation sites excluding steroid dienone is 2. The van der Waals surface area contributed by atoms with Crippen molar-refractivity contribution in [3.63, 3.8) is 0 Å². The summed E-state index contributed by atoms with van der Waals surface area (Å²) in [6, 6.07) is 8.29. The zero-order chi connectivity index (χ0) is 15.4. The van der Waals surface area contributed by atoms with Crippen LogP contribution in [0.5, 0.6) is 0 Å². The van der Waals surface area contributed by atoms with Crippen molar-refractivity contribution in [3.8, 4) is 0 Å². The van der Waals surface area contributed by atoms with Crippen molar-refractivity contribution in [2.45, 2.75) is 19.3 Å². The van der Waals surface area contributed by atoms with Gasteiger partial charge in [0.2, 0.25) is 5.91 Å². The van der Waals surface area contributed by atoms with E-state index in [9.17, 15) is 4.79 Å². The molecule has 22 heavy (non-hydrogen) atoms. The van der Waals surface area contributed by atoms with E-state index in [1.807, 2.05) is 12.1 Å². The van der Waals surface area contributed by atoms with Crippen LogP contribution in [-0.4, -0.2) is 39.1 Å². The van der Waals surface area contributed by atoms with E-state index in [-0.39, 0.29) is 11.8 Å². The summed E-state index contributed by atoms with van der Waals surface area (Å²) >= 11 is 0. The highest BCUT2D eigenvalue weighted by molar-refractivity contribution is 5.92. The second-order valence-electron chi connectivity index (χ2n) is 6.46. The van der Waals surface area contributed by atoms with Crippen molar-refractivity contribution < 1.29 is 9.69 Å². The molecule has 1 aliphatic heterocycles. The molecule has 4 nitrogen and oxygen atoms in total. The summed E-state index contributed by atoms with van der Waals surface area (Å²) in [5.41, 5.74) is 2.16. The molecule has 1 atom stereocenters. The molecule has 4 heteroatoms. The summed E-state index contributed by atoms with van der Waals surface area (Å²) in [6.45, 7) is 4.58. The lowest BCUT2D eigenvalue weighted by Gasteiger charge is -2.31. The van der Waals surface area contributed by atoms with E-state index in [4.69, 9.17) is 0 Å². The normalized spacial score (nSPS) is 22.6. The first-order valence-corrected chi connectivity index (χ1v) is 8.34. The summed E-state index contributed by atoms with van der Waals surface area (Å²) in [5.74, 6) is 0.283. The minimum absolute atomic E-state index is 0.130. The Morgan fingerprint density at radius 1 is 1.18 bits per heavy atom. The van der Waals surface area contributed by atoms with Gasteiger partial charge in [-0.15, -0.1) is 0 Å². The summed E-state index contributed by atoms with van der Waals surface area (Å²) < 4.78 is 0. The van der Waals surface area contributed by atoms with Crippen molar-refractivity contribution in [1.82, 2.24) is 0 Å². The van der Waals surface area contributed by atoms with Crippen molar-refractivity contribution in [3.05, 3.63) is 36.4 Å². The first-order valence-electron chi connectivity index (χ1n) is 8.34. The molecular formula is C18H26N3O+. The second-order valence-corrected chi connectivity index (χ2v) is 6.46. The molecule has 1 fully saturated rings. The quantitative estimate of drug-likeness (QED) is 0.826. The van der Waals surface area contributed by atoms with E-state index in [2.05, 4.69) is 41.5 Å². The zero-order valence-corrected chi connectivity index (χ0v) is 13.3. The lowest BCUT2D eigenvalue weighted by Crippen LogP contribution is -3.12. The number of hydrogen-bond acceptors (Lipinski definition) is 2. The van der Waals surface area contributed by atoms with Crippen LogP contribution in [0.15, 0.2) is 36.4 Å². The van der Waals surface area contributed by atoms with Crippen LogP contribution in [0.2, 0.25) is 0 Å². The Labute approximate surface area is 132 Å². The van der Waals surface area contributed by atoms with Gasteiger partial charge >= 0.3 is 0 Å². The highest BCUT2D eigenvalue weighted by atomic mass is 16.1. The van der Waals surface area contributed by atoms with Crippen LogP contribution < -0.4 is 15.1 Å². The van der Waals surface area contributed by atoms with E-state index in [0.717, 1.165) is 38.0 Å². The number of quaternary nitrogens is 1. The molecule has 0 aromatic heterocycles. The fourth-order valence-corrected chi connectivity index (χ4v) is 3.18. The van der Waals surface area contributed by atoms with Gasteiger partial charge < -0.3 is 15.1 Å². The van der Waals surface area contributed by atoms with Gasteiger partial charge in [-0.2, -0.15) is 0 Å². The van der Waals surface area contributed by atoms with Gasteiger partial charge in [0, 0.05) is 17.3 Å². The lowest BCUT2D eigenvalue weighted by molar-refractivity contribution is -0.880. The number of carbonyl (C=O) groups excluding carboxylic acids is 1. The fourth-order valence-electron chi connectivity index (χ4n) is 3.18. The molecule has 1 aromatic carbocycles. The Morgan fingerprint density at radius 2 is 1.91 bits per heavy atom. The highest BCUT2D eigenvalue weighted by Crippen LogP contribution is 2.22. The maximum Gasteiger partial charge on any atom is 0.227 e. The molecule has 0 saturated carbocycles. The molecule has 0 spiro atoms. The average molecular weight is 300 g/mol. The maximum atomic E-state index is 12.2. The number of benzene rings is 1. The third-order valence-corrected chi connectivity index (χ3v) is 4.76. The van der Waals surface area contributed by atoms with E-state index in [0.29, 0.717) is 0 Å². The molecule has 118 valence electrons. The number of piperazine rings is 1. The van der Waals surface area contributed by atoms with Gasteiger partial charge in [-0.3, -0.25) is 4.79 Å². The molecule has 1 heterocycles. The first kappa shape index (κ1) is 15.1. The number of rotatable bonds is 3. The van der Waals surface area contributed by atoms with Crippen LogP contribution in [0.4, 0.5) is 11.4 Å². The van der Waals surface area contributed by atoms with E-state index >= 15 is 0 Å². The second kappa shape index (κ2) is 6.97. The Bertz CT molecular complexity index is 530. The monoisotopic (exact) mass is 300 g/mol. The fraction of sp³-hybridized carbons (Fsp3) is 0.500. The molecule has 2 N–H and O–H groups in total. The van der Waals surface area contributed by atoms with Gasteiger partial charge in [0.15, 0.2) is 0 Å². The van der Waals surface area contributed by atoms with E-state index in [1.54, 1.807) is 4.90 Å². The van der Waals surface area contributed by atoms with Crippen LogP contribution in [-0.2, 0) is 4.79 Å². The number of anilines is 2. The minimum atomic E-state index is 0.130. The summed E-state index contributed by atoms with van der Waals surface area (Å²) in [5, 5.41) is 3.05. The number of nitrogens with zero attached hydrogens (tertiary/aromatic N) is 1. The van der Waals surface area contributed by atoms with Gasteiger partial charge in [-0.25, -0.2) is 0 Å². The van der Waals surface area contributed by atoms with E-state index in [1.165, 1.54) is 18.8 Å². The molecule has 0 unspecified atom stereocenters. The molecule has 3 rings (SSSR count). The van der Waals surface area contributed by atoms with Gasteiger partial charge in [0.05, 0.1) is 33.2 Å². The topological polar surface area (TPSA) is 36.8 Å². The summed E-state index contributed by atoms with van der Waals surface area (Å²) in [6.07, 6.45) is 7.13. The highest BCUT2D eigenvalue weighted by Gasteiger charge is 2.19. The predicted molar refractivity (Wildman–Crippen MR) is 90.4 cm³/mol. The predicted octanol–water partition coefficient (Wildman–Crippen LogP) is 1.32. The number of amides is 1. The molecule has 1 saturated heterocycles. The first-order chi connectivity index (χ1) is 10.7. The van der Waals surface area contributed by atoms with Crippen molar-refractivity contribution >= 4 is 17.3 Å². The lowest BCUT2D eigenvalue weighted by atomic mass is 9.93. The van der Waals surface area contributed by atoms with Gasteiger partial charge in [0.25, 0.3) is 0 Å². The molecule has 2 aliphatic rings. The molecular weight excluding hydrogens is 274 g/mol. The Morgan fingerprint density at radius 3 is 2.55 bits per heavy atom. The molecule has 1 aromatic rings. The van der Waals surface area contributed by atoms with Crippen LogP contribution >= 0.6 is 0 Å². The Kier molecular flexibility index (Phi) is 4.78. The molecule has 1 aliphatic carbocycles. The summed E-state index contributed by atoms with van der Waals surface area (Å²) in [4.78, 5) is 16.3. The molecule has 0 bridgehead atoms. The number of carbonyl (C=O) groups is 1. The molecule has 1 amide bonds. The van der Waals surface area contributed by atoms with Gasteiger partial charge in [-0.1, -0.05) is 12.2 Å². The number of hydrogen-bond donors (Lipinski definition) is 2. The van der Waals surface area contributed by atoms with Crippen molar-refractivity contribution in [2.75, 3.05) is 43.4 Å². The Hall–Kier alpha value is -1.81. The minimum Gasteiger partial charge on any atom is -0.360 e. The largest absolute Gasteiger partial charge is 0.360 e. The zero-order valence-electron chi connectivity index (χ0n) is 13.3. The smallest absolute Gasteiger partial charge is 0.227 e. The Balaban J connectivity index is 1.57. The maximum absolute atomic E-state index is 12.2. The standard InChI is InChI=1S/C18H25N3O/c1-20-11-13-21(14-12-20)17-9-7-16(8-10-17)19-18(22)15-5-3-2-4-6-15/h2-3,7-10,15H,4-6,11-14H2,1H3,(H,19,22)/p+1/t15-/m0/s1. The van der Waals surface area contributed by atoms with E-state index < -0.39 is 0 Å².